The van der Waals surface area contributed by atoms with E-state index < -0.39 is 0 Å². The molecule has 1 saturated heterocycles. The Morgan fingerprint density at radius 2 is 1.94 bits per heavy atom. The van der Waals surface area contributed by atoms with E-state index in [1.807, 2.05) is 11.8 Å². The molecule has 2 aliphatic rings. The van der Waals surface area contributed by atoms with Crippen molar-refractivity contribution in [2.45, 2.75) is 56.2 Å². The van der Waals surface area contributed by atoms with Gasteiger partial charge in [-0.25, -0.2) is 0 Å². The van der Waals surface area contributed by atoms with Gasteiger partial charge in [0.2, 0.25) is 0 Å². The van der Waals surface area contributed by atoms with Gasteiger partial charge in [0.1, 0.15) is 0 Å². The molecule has 0 amide bonds. The Hall–Kier alpha value is 0.270. The van der Waals surface area contributed by atoms with Crippen molar-refractivity contribution >= 4 is 11.8 Å². The summed E-state index contributed by atoms with van der Waals surface area (Å²) in [5.41, 5.74) is 0.463. The molecule has 2 nitrogen and oxygen atoms in total. The van der Waals surface area contributed by atoms with E-state index >= 15 is 0 Å². The highest BCUT2D eigenvalue weighted by molar-refractivity contribution is 7.99. The van der Waals surface area contributed by atoms with E-state index in [9.17, 15) is 0 Å². The highest BCUT2D eigenvalue weighted by Gasteiger charge is 2.37. The Kier molecular flexibility index (Phi) is 4.43. The summed E-state index contributed by atoms with van der Waals surface area (Å²) >= 11 is 1.99. The summed E-state index contributed by atoms with van der Waals surface area (Å²) in [7, 11) is 0. The van der Waals surface area contributed by atoms with E-state index in [0.29, 0.717) is 10.3 Å². The summed E-state index contributed by atoms with van der Waals surface area (Å²) < 4.78 is 0.396. The van der Waals surface area contributed by atoms with Crippen LogP contribution in [-0.2, 0) is 0 Å². The predicted octanol–water partition coefficient (Wildman–Crippen LogP) is 2.74. The lowest BCUT2D eigenvalue weighted by Crippen LogP contribution is -2.62. The van der Waals surface area contributed by atoms with Crippen molar-refractivity contribution in [3.05, 3.63) is 0 Å². The van der Waals surface area contributed by atoms with Gasteiger partial charge in [-0.2, -0.15) is 11.8 Å². The molecule has 1 aliphatic heterocycles. The number of nitrogens with zero attached hydrogens (tertiary/aromatic N) is 1. The van der Waals surface area contributed by atoms with Gasteiger partial charge in [0.05, 0.1) is 0 Å². The van der Waals surface area contributed by atoms with Crippen LogP contribution in [-0.4, -0.2) is 47.6 Å². The van der Waals surface area contributed by atoms with Crippen molar-refractivity contribution in [2.24, 2.45) is 0 Å². The Morgan fingerprint density at radius 3 is 2.59 bits per heavy atom. The Morgan fingerprint density at radius 1 is 1.24 bits per heavy atom. The molecule has 0 radical (unpaired) electrons. The number of rotatable bonds is 3. The van der Waals surface area contributed by atoms with Crippen molar-refractivity contribution < 1.29 is 0 Å². The van der Waals surface area contributed by atoms with Crippen LogP contribution in [0.2, 0.25) is 0 Å². The van der Waals surface area contributed by atoms with Gasteiger partial charge in [-0.3, -0.25) is 4.90 Å². The van der Waals surface area contributed by atoms with Crippen LogP contribution < -0.4 is 5.32 Å². The van der Waals surface area contributed by atoms with Crippen LogP contribution in [0.5, 0.6) is 0 Å². The fraction of sp³-hybridized carbons (Fsp3) is 1.00. The van der Waals surface area contributed by atoms with Crippen LogP contribution in [0.1, 0.15) is 46.0 Å². The molecule has 0 aromatic heterocycles. The number of nitrogens with one attached hydrogen (secondary N) is 1. The second-order valence-electron chi connectivity index (χ2n) is 6.44. The molecule has 0 atom stereocenters. The zero-order chi connectivity index (χ0) is 12.4. The van der Waals surface area contributed by atoms with E-state index in [2.05, 4.69) is 30.3 Å². The first kappa shape index (κ1) is 13.7. The number of piperazine rings is 1. The topological polar surface area (TPSA) is 15.3 Å². The molecule has 0 aromatic carbocycles. The summed E-state index contributed by atoms with van der Waals surface area (Å²) in [5, 5.41) is 3.82. The number of thioether (sulfide) groups is 1. The smallest absolute Gasteiger partial charge is 0.0309 e. The van der Waals surface area contributed by atoms with Gasteiger partial charge in [-0.1, -0.05) is 19.3 Å². The maximum absolute atomic E-state index is 3.82. The van der Waals surface area contributed by atoms with Crippen molar-refractivity contribution in [3.63, 3.8) is 0 Å². The third-order valence-electron chi connectivity index (χ3n) is 4.42. The molecule has 1 N–H and O–H groups in total. The van der Waals surface area contributed by atoms with Gasteiger partial charge in [0, 0.05) is 36.5 Å². The standard InChI is InChI=1S/C14H28N2S/c1-13(2,17-3)11-16-10-9-15-14(12-16)7-5-4-6-8-14/h15H,4-12H2,1-3H3. The van der Waals surface area contributed by atoms with Gasteiger partial charge in [-0.15, -0.1) is 0 Å². The highest BCUT2D eigenvalue weighted by Crippen LogP contribution is 2.32. The van der Waals surface area contributed by atoms with Gasteiger partial charge in [-0.05, 0) is 32.9 Å². The fourth-order valence-corrected chi connectivity index (χ4v) is 3.66. The van der Waals surface area contributed by atoms with Crippen LogP contribution in [0.4, 0.5) is 0 Å². The molecule has 17 heavy (non-hydrogen) atoms. The molecule has 0 bridgehead atoms. The quantitative estimate of drug-likeness (QED) is 0.836. The third-order valence-corrected chi connectivity index (χ3v) is 5.66. The van der Waals surface area contributed by atoms with E-state index in [-0.39, 0.29) is 0 Å². The van der Waals surface area contributed by atoms with Crippen molar-refractivity contribution in [1.82, 2.24) is 10.2 Å². The molecule has 100 valence electrons. The number of hydrogen-bond donors (Lipinski definition) is 1. The normalized spacial score (nSPS) is 26.3. The molecule has 3 heteroatoms. The van der Waals surface area contributed by atoms with E-state index in [1.165, 1.54) is 58.3 Å². The zero-order valence-electron chi connectivity index (χ0n) is 11.7. The second kappa shape index (κ2) is 5.50. The van der Waals surface area contributed by atoms with Gasteiger partial charge >= 0.3 is 0 Å². The zero-order valence-corrected chi connectivity index (χ0v) is 12.5. The van der Waals surface area contributed by atoms with Gasteiger partial charge in [0.15, 0.2) is 0 Å². The first-order valence-electron chi connectivity index (χ1n) is 7.08. The molecule has 1 saturated carbocycles. The Labute approximate surface area is 111 Å². The van der Waals surface area contributed by atoms with Crippen molar-refractivity contribution in [2.75, 3.05) is 32.4 Å². The number of hydrogen-bond acceptors (Lipinski definition) is 3. The van der Waals surface area contributed by atoms with Gasteiger partial charge in [0.25, 0.3) is 0 Å². The molecule has 2 fully saturated rings. The molecule has 1 heterocycles. The second-order valence-corrected chi connectivity index (χ2v) is 7.96. The first-order valence-corrected chi connectivity index (χ1v) is 8.30. The van der Waals surface area contributed by atoms with Crippen molar-refractivity contribution in [1.29, 1.82) is 0 Å². The van der Waals surface area contributed by atoms with E-state index in [1.54, 1.807) is 0 Å². The van der Waals surface area contributed by atoms with Crippen LogP contribution in [0.15, 0.2) is 0 Å². The lowest BCUT2D eigenvalue weighted by atomic mass is 9.80. The summed E-state index contributed by atoms with van der Waals surface area (Å²) in [5.74, 6) is 0. The molecule has 0 unspecified atom stereocenters. The Bertz CT molecular complexity index is 241. The summed E-state index contributed by atoms with van der Waals surface area (Å²) in [6.07, 6.45) is 9.31. The molecule has 2 rings (SSSR count). The van der Waals surface area contributed by atoms with Crippen molar-refractivity contribution in [3.8, 4) is 0 Å². The maximum atomic E-state index is 3.82. The first-order chi connectivity index (χ1) is 8.05. The third kappa shape index (κ3) is 3.62. The van der Waals surface area contributed by atoms with Crippen LogP contribution in [0, 0.1) is 0 Å². The highest BCUT2D eigenvalue weighted by atomic mass is 32.2. The fourth-order valence-electron chi connectivity index (χ4n) is 3.34. The summed E-state index contributed by atoms with van der Waals surface area (Å²) in [6, 6.07) is 0. The minimum absolute atomic E-state index is 0.396. The van der Waals surface area contributed by atoms with Gasteiger partial charge < -0.3 is 5.32 Å². The molecule has 0 aromatic rings. The molecule has 1 spiro atoms. The molecular formula is C14H28N2S. The minimum Gasteiger partial charge on any atom is -0.309 e. The lowest BCUT2D eigenvalue weighted by Gasteiger charge is -2.47. The molecular weight excluding hydrogens is 228 g/mol. The molecule has 1 aliphatic carbocycles. The van der Waals surface area contributed by atoms with Crippen LogP contribution in [0.25, 0.3) is 0 Å². The largest absolute Gasteiger partial charge is 0.309 e. The predicted molar refractivity (Wildman–Crippen MR) is 77.9 cm³/mol. The van der Waals surface area contributed by atoms with Crippen LogP contribution >= 0.6 is 11.8 Å². The lowest BCUT2D eigenvalue weighted by molar-refractivity contribution is 0.0946. The summed E-state index contributed by atoms with van der Waals surface area (Å²) in [4.78, 5) is 2.69. The van der Waals surface area contributed by atoms with E-state index in [0.717, 1.165) is 0 Å². The minimum atomic E-state index is 0.396. The van der Waals surface area contributed by atoms with E-state index in [4.69, 9.17) is 0 Å². The summed E-state index contributed by atoms with van der Waals surface area (Å²) in [6.45, 7) is 9.66. The SMILES string of the molecule is CSC(C)(C)CN1CCNC2(CCCCC2)C1. The average molecular weight is 256 g/mol. The maximum Gasteiger partial charge on any atom is 0.0309 e. The average Bonchev–Trinajstić information content (AvgIpc) is 2.29. The van der Waals surface area contributed by atoms with Crippen LogP contribution in [0.3, 0.4) is 0 Å². The Balaban J connectivity index is 1.92. The monoisotopic (exact) mass is 256 g/mol.